The van der Waals surface area contributed by atoms with Gasteiger partial charge >= 0.3 is 6.18 Å². The maximum absolute atomic E-state index is 12.7. The smallest absolute Gasteiger partial charge is 0.352 e. The number of nitrogens with two attached hydrogens (primary N) is 1. The van der Waals surface area contributed by atoms with E-state index in [4.69, 9.17) is 5.73 Å². The largest absolute Gasteiger partial charge is 0.416 e. The van der Waals surface area contributed by atoms with E-state index in [1.807, 2.05) is 0 Å². The van der Waals surface area contributed by atoms with E-state index in [0.717, 1.165) is 32.0 Å². The zero-order valence-electron chi connectivity index (χ0n) is 13.9. The number of hydrogen-bond donors (Lipinski definition) is 2. The minimum Gasteiger partial charge on any atom is -0.352 e. The molecule has 3 N–H and O–H groups in total. The number of halogens is 5. The predicted molar refractivity (Wildman–Crippen MR) is 96.0 cm³/mol. The number of rotatable bonds is 4. The number of nitrogens with one attached hydrogen (secondary N) is 1. The average molecular weight is 402 g/mol. The molecule has 1 aliphatic rings. The van der Waals surface area contributed by atoms with Crippen molar-refractivity contribution in [2.75, 3.05) is 13.1 Å². The molecule has 1 saturated heterocycles. The van der Waals surface area contributed by atoms with Crippen molar-refractivity contribution in [2.24, 2.45) is 5.73 Å². The summed E-state index contributed by atoms with van der Waals surface area (Å²) in [5.41, 5.74) is 5.55. The number of likely N-dealkylation sites (tertiary alicyclic amines) is 1. The molecule has 1 fully saturated rings. The first kappa shape index (κ1) is 24.0. The summed E-state index contributed by atoms with van der Waals surface area (Å²) in [5, 5.41) is 2.89. The predicted octanol–water partition coefficient (Wildman–Crippen LogP) is 2.98. The molecule has 1 aromatic rings. The van der Waals surface area contributed by atoms with Gasteiger partial charge in [-0.1, -0.05) is 18.2 Å². The molecule has 1 aromatic carbocycles. The lowest BCUT2D eigenvalue weighted by Crippen LogP contribution is -2.48. The van der Waals surface area contributed by atoms with Gasteiger partial charge in [-0.2, -0.15) is 13.2 Å². The molecule has 4 nitrogen and oxygen atoms in total. The zero-order valence-corrected chi connectivity index (χ0v) is 15.5. The third-order valence-corrected chi connectivity index (χ3v) is 4.01. The Bertz CT molecular complexity index is 548. The highest BCUT2D eigenvalue weighted by Crippen LogP contribution is 2.29. The molecular formula is C16H24Cl2F3N3O. The summed E-state index contributed by atoms with van der Waals surface area (Å²) in [4.78, 5) is 13.7. The van der Waals surface area contributed by atoms with Gasteiger partial charge in [0.15, 0.2) is 0 Å². The Labute approximate surface area is 158 Å². The van der Waals surface area contributed by atoms with Crippen molar-refractivity contribution in [1.29, 1.82) is 0 Å². The SMILES string of the molecule is C[C@@H](N)C(=O)NC1CCN(Cc2cccc(C(F)(F)F)c2)CC1.Cl.Cl. The van der Waals surface area contributed by atoms with E-state index in [1.165, 1.54) is 12.1 Å². The van der Waals surface area contributed by atoms with Crippen LogP contribution < -0.4 is 11.1 Å². The molecule has 144 valence electrons. The van der Waals surface area contributed by atoms with Crippen molar-refractivity contribution < 1.29 is 18.0 Å². The van der Waals surface area contributed by atoms with Crippen LogP contribution in [0, 0.1) is 0 Å². The zero-order chi connectivity index (χ0) is 17.0. The lowest BCUT2D eigenvalue weighted by Gasteiger charge is -2.32. The molecule has 0 saturated carbocycles. The molecule has 0 aliphatic carbocycles. The van der Waals surface area contributed by atoms with Crippen LogP contribution in [0.25, 0.3) is 0 Å². The fourth-order valence-corrected chi connectivity index (χ4v) is 2.67. The van der Waals surface area contributed by atoms with Gasteiger partial charge < -0.3 is 11.1 Å². The summed E-state index contributed by atoms with van der Waals surface area (Å²) >= 11 is 0. The van der Waals surface area contributed by atoms with Gasteiger partial charge in [-0.25, -0.2) is 0 Å². The molecule has 0 bridgehead atoms. The molecule has 1 atom stereocenters. The summed E-state index contributed by atoms with van der Waals surface area (Å²) in [6.45, 7) is 3.59. The van der Waals surface area contributed by atoms with Crippen LogP contribution in [-0.4, -0.2) is 36.0 Å². The molecule has 1 aliphatic heterocycles. The van der Waals surface area contributed by atoms with Crippen molar-refractivity contribution in [3.63, 3.8) is 0 Å². The Balaban J connectivity index is 0.00000288. The maximum Gasteiger partial charge on any atom is 0.416 e. The number of amides is 1. The first-order chi connectivity index (χ1) is 10.8. The van der Waals surface area contributed by atoms with E-state index >= 15 is 0 Å². The maximum atomic E-state index is 12.7. The van der Waals surface area contributed by atoms with E-state index in [1.54, 1.807) is 13.0 Å². The minimum absolute atomic E-state index is 0. The Morgan fingerprint density at radius 1 is 1.32 bits per heavy atom. The Kier molecular flexibility index (Phi) is 9.79. The second-order valence-corrected chi connectivity index (χ2v) is 6.05. The van der Waals surface area contributed by atoms with Gasteiger partial charge in [0.1, 0.15) is 0 Å². The van der Waals surface area contributed by atoms with Crippen molar-refractivity contribution >= 4 is 30.7 Å². The molecule has 0 radical (unpaired) electrons. The first-order valence-electron chi connectivity index (χ1n) is 7.70. The Morgan fingerprint density at radius 3 is 2.44 bits per heavy atom. The van der Waals surface area contributed by atoms with Crippen molar-refractivity contribution in [2.45, 2.75) is 44.6 Å². The molecule has 1 amide bonds. The minimum atomic E-state index is -4.31. The third-order valence-electron chi connectivity index (χ3n) is 4.01. The van der Waals surface area contributed by atoms with Gasteiger partial charge in [-0.05, 0) is 31.4 Å². The molecule has 0 spiro atoms. The van der Waals surface area contributed by atoms with Crippen LogP contribution in [0.4, 0.5) is 13.2 Å². The fraction of sp³-hybridized carbons (Fsp3) is 0.562. The van der Waals surface area contributed by atoms with Gasteiger partial charge in [-0.15, -0.1) is 24.8 Å². The van der Waals surface area contributed by atoms with E-state index < -0.39 is 17.8 Å². The number of piperidine rings is 1. The van der Waals surface area contributed by atoms with Crippen LogP contribution in [0.5, 0.6) is 0 Å². The van der Waals surface area contributed by atoms with Crippen LogP contribution in [0.1, 0.15) is 30.9 Å². The van der Waals surface area contributed by atoms with Gasteiger partial charge in [0.2, 0.25) is 5.91 Å². The van der Waals surface area contributed by atoms with Gasteiger partial charge in [0.25, 0.3) is 0 Å². The number of hydrogen-bond acceptors (Lipinski definition) is 3. The molecular weight excluding hydrogens is 378 g/mol. The summed E-state index contributed by atoms with van der Waals surface area (Å²) in [6.07, 6.45) is -2.76. The van der Waals surface area contributed by atoms with Crippen molar-refractivity contribution in [3.05, 3.63) is 35.4 Å². The van der Waals surface area contributed by atoms with E-state index in [2.05, 4.69) is 10.2 Å². The molecule has 9 heteroatoms. The summed E-state index contributed by atoms with van der Waals surface area (Å²) in [5.74, 6) is -0.165. The van der Waals surface area contributed by atoms with Gasteiger partial charge in [-0.3, -0.25) is 9.69 Å². The summed E-state index contributed by atoms with van der Waals surface area (Å²) < 4.78 is 38.2. The highest BCUT2D eigenvalue weighted by atomic mass is 35.5. The number of alkyl halides is 3. The second-order valence-electron chi connectivity index (χ2n) is 6.05. The molecule has 25 heavy (non-hydrogen) atoms. The van der Waals surface area contributed by atoms with E-state index in [-0.39, 0.29) is 36.8 Å². The molecule has 2 rings (SSSR count). The lowest BCUT2D eigenvalue weighted by molar-refractivity contribution is -0.137. The molecule has 1 heterocycles. The quantitative estimate of drug-likeness (QED) is 0.814. The van der Waals surface area contributed by atoms with Crippen LogP contribution in [0.3, 0.4) is 0 Å². The van der Waals surface area contributed by atoms with E-state index in [9.17, 15) is 18.0 Å². The number of carbonyl (C=O) groups excluding carboxylic acids is 1. The van der Waals surface area contributed by atoms with Crippen LogP contribution >= 0.6 is 24.8 Å². The summed E-state index contributed by atoms with van der Waals surface area (Å²) in [7, 11) is 0. The van der Waals surface area contributed by atoms with Crippen LogP contribution in [0.15, 0.2) is 24.3 Å². The van der Waals surface area contributed by atoms with Gasteiger partial charge in [0.05, 0.1) is 11.6 Å². The van der Waals surface area contributed by atoms with Crippen molar-refractivity contribution in [3.8, 4) is 0 Å². The summed E-state index contributed by atoms with van der Waals surface area (Å²) in [6, 6.07) is 4.99. The fourth-order valence-electron chi connectivity index (χ4n) is 2.67. The molecule has 0 aromatic heterocycles. The topological polar surface area (TPSA) is 58.4 Å². The lowest BCUT2D eigenvalue weighted by atomic mass is 10.0. The number of carbonyl (C=O) groups is 1. The highest BCUT2D eigenvalue weighted by molar-refractivity contribution is 5.85. The standard InChI is InChI=1S/C16H22F3N3O.2ClH/c1-11(20)15(23)21-14-5-7-22(8-6-14)10-12-3-2-4-13(9-12)16(17,18)19;;/h2-4,9,11,14H,5-8,10,20H2,1H3,(H,21,23);2*1H/t11-;;/m1../s1. The van der Waals surface area contributed by atoms with Gasteiger partial charge in [0, 0.05) is 25.7 Å². The first-order valence-corrected chi connectivity index (χ1v) is 7.70. The molecule has 0 unspecified atom stereocenters. The van der Waals surface area contributed by atoms with Crippen molar-refractivity contribution in [1.82, 2.24) is 10.2 Å². The second kappa shape index (κ2) is 10.2. The highest BCUT2D eigenvalue weighted by Gasteiger charge is 2.30. The number of benzene rings is 1. The van der Waals surface area contributed by atoms with E-state index in [0.29, 0.717) is 12.1 Å². The Morgan fingerprint density at radius 2 is 1.92 bits per heavy atom. The normalized spacial score (nSPS) is 17.2. The monoisotopic (exact) mass is 401 g/mol. The third kappa shape index (κ3) is 7.40. The Hall–Kier alpha value is -1.02. The van der Waals surface area contributed by atoms with Crippen LogP contribution in [-0.2, 0) is 17.5 Å². The van der Waals surface area contributed by atoms with Crippen LogP contribution in [0.2, 0.25) is 0 Å². The number of nitrogens with zero attached hydrogens (tertiary/aromatic N) is 1. The average Bonchev–Trinajstić information content (AvgIpc) is 2.48.